The van der Waals surface area contributed by atoms with E-state index in [4.69, 9.17) is 0 Å². The Hall–Kier alpha value is -1.78. The zero-order valence-corrected chi connectivity index (χ0v) is 9.74. The van der Waals surface area contributed by atoms with Crippen molar-refractivity contribution in [3.8, 4) is 11.4 Å². The molecule has 0 atom stereocenters. The highest BCUT2D eigenvalue weighted by molar-refractivity contribution is 5.58. The summed E-state index contributed by atoms with van der Waals surface area (Å²) in [6.07, 6.45) is 2.33. The topological polar surface area (TPSA) is 30.7 Å². The van der Waals surface area contributed by atoms with E-state index in [1.54, 1.807) is 11.5 Å². The summed E-state index contributed by atoms with van der Waals surface area (Å²) in [5.74, 6) is -0.945. The number of hydrogen-bond acceptors (Lipinski definition) is 2. The lowest BCUT2D eigenvalue weighted by atomic mass is 10.1. The second-order valence-corrected chi connectivity index (χ2v) is 3.90. The normalized spacial score (nSPS) is 10.8. The number of rotatable bonds is 3. The van der Waals surface area contributed by atoms with Gasteiger partial charge < -0.3 is 4.57 Å². The molecule has 0 N–H and O–H groups in total. The summed E-state index contributed by atoms with van der Waals surface area (Å²) in [6.45, 7) is 4.21. The average Bonchev–Trinajstić information content (AvgIpc) is 2.73. The first kappa shape index (κ1) is 11.7. The molecule has 0 aliphatic rings. The van der Waals surface area contributed by atoms with Crippen LogP contribution in [0.2, 0.25) is 0 Å². The van der Waals surface area contributed by atoms with E-state index in [0.29, 0.717) is 12.1 Å². The quantitative estimate of drug-likeness (QED) is 0.821. The van der Waals surface area contributed by atoms with Crippen molar-refractivity contribution in [2.24, 2.45) is 0 Å². The summed E-state index contributed by atoms with van der Waals surface area (Å²) >= 11 is 0. The van der Waals surface area contributed by atoms with Crippen molar-refractivity contribution in [3.63, 3.8) is 0 Å². The lowest BCUT2D eigenvalue weighted by Crippen LogP contribution is -2.03. The third-order valence-electron chi connectivity index (χ3n) is 2.59. The van der Waals surface area contributed by atoms with Crippen LogP contribution in [-0.2, 0) is 6.54 Å². The summed E-state index contributed by atoms with van der Waals surface area (Å²) in [4.78, 5) is 0. The van der Waals surface area contributed by atoms with Gasteiger partial charge in [0.1, 0.15) is 18.0 Å². The van der Waals surface area contributed by atoms with E-state index < -0.39 is 11.6 Å². The minimum Gasteiger partial charge on any atom is -0.313 e. The molecule has 0 bridgehead atoms. The van der Waals surface area contributed by atoms with Crippen molar-refractivity contribution >= 4 is 0 Å². The van der Waals surface area contributed by atoms with E-state index in [2.05, 4.69) is 10.2 Å². The number of aryl methyl sites for hydroxylation is 2. The van der Waals surface area contributed by atoms with E-state index >= 15 is 0 Å². The van der Waals surface area contributed by atoms with E-state index in [0.717, 1.165) is 6.42 Å². The van der Waals surface area contributed by atoms with Gasteiger partial charge >= 0.3 is 0 Å². The van der Waals surface area contributed by atoms with Crippen LogP contribution >= 0.6 is 0 Å². The lowest BCUT2D eigenvalue weighted by molar-refractivity contribution is 0.576. The van der Waals surface area contributed by atoms with Crippen molar-refractivity contribution in [1.82, 2.24) is 14.8 Å². The average molecular weight is 237 g/mol. The zero-order valence-electron chi connectivity index (χ0n) is 9.74. The van der Waals surface area contributed by atoms with E-state index in [1.165, 1.54) is 18.5 Å². The second kappa shape index (κ2) is 4.61. The molecule has 5 heteroatoms. The fourth-order valence-corrected chi connectivity index (χ4v) is 1.71. The van der Waals surface area contributed by atoms with Crippen LogP contribution in [-0.4, -0.2) is 14.8 Å². The maximum absolute atomic E-state index is 13.9. The highest BCUT2D eigenvalue weighted by atomic mass is 19.1. The molecule has 0 saturated heterocycles. The van der Waals surface area contributed by atoms with Crippen molar-refractivity contribution in [2.45, 2.75) is 26.8 Å². The molecule has 2 rings (SSSR count). The third kappa shape index (κ3) is 2.05. The molecule has 0 unspecified atom stereocenters. The predicted octanol–water partition coefficient (Wildman–Crippen LogP) is 2.94. The molecule has 1 heterocycles. The number of hydrogen-bond donors (Lipinski definition) is 0. The molecule has 0 saturated carbocycles. The molecule has 3 nitrogen and oxygen atoms in total. The monoisotopic (exact) mass is 237 g/mol. The zero-order chi connectivity index (χ0) is 12.4. The summed E-state index contributed by atoms with van der Waals surface area (Å²) in [5.41, 5.74) is 0.295. The van der Waals surface area contributed by atoms with Gasteiger partial charge in [0.25, 0.3) is 0 Å². The highest BCUT2D eigenvalue weighted by Gasteiger charge is 2.18. The van der Waals surface area contributed by atoms with Crippen LogP contribution in [0.25, 0.3) is 11.4 Å². The van der Waals surface area contributed by atoms with Crippen molar-refractivity contribution in [1.29, 1.82) is 0 Å². The fraction of sp³-hybridized carbons (Fsp3) is 0.333. The fourth-order valence-electron chi connectivity index (χ4n) is 1.71. The van der Waals surface area contributed by atoms with Gasteiger partial charge in [-0.3, -0.25) is 0 Å². The molecule has 0 amide bonds. The number of halogens is 2. The SMILES string of the molecule is CCCn1cnnc1-c1c(F)ccc(C)c1F. The van der Waals surface area contributed by atoms with Crippen molar-refractivity contribution in [3.05, 3.63) is 35.7 Å². The molecular formula is C12H13F2N3. The molecule has 0 aliphatic heterocycles. The van der Waals surface area contributed by atoms with E-state index in [1.807, 2.05) is 6.92 Å². The maximum Gasteiger partial charge on any atom is 0.169 e. The largest absolute Gasteiger partial charge is 0.313 e. The number of aromatic nitrogens is 3. The Labute approximate surface area is 98.1 Å². The van der Waals surface area contributed by atoms with E-state index in [9.17, 15) is 8.78 Å². The minimum absolute atomic E-state index is 0.101. The van der Waals surface area contributed by atoms with Gasteiger partial charge in [-0.2, -0.15) is 0 Å². The first-order valence-electron chi connectivity index (χ1n) is 5.48. The van der Waals surface area contributed by atoms with Crippen LogP contribution in [0, 0.1) is 18.6 Å². The molecule has 90 valence electrons. The molecule has 0 spiro atoms. The Morgan fingerprint density at radius 3 is 2.76 bits per heavy atom. The van der Waals surface area contributed by atoms with Crippen molar-refractivity contribution in [2.75, 3.05) is 0 Å². The first-order chi connectivity index (χ1) is 8.15. The standard InChI is InChI=1S/C12H13F2N3/c1-3-6-17-7-15-16-12(17)10-9(13)5-4-8(2)11(10)14/h4-5,7H,3,6H2,1-2H3. The molecule has 1 aromatic carbocycles. The molecule has 0 fully saturated rings. The van der Waals surface area contributed by atoms with Gasteiger partial charge in [0.15, 0.2) is 5.82 Å². The van der Waals surface area contributed by atoms with Gasteiger partial charge in [0.2, 0.25) is 0 Å². The van der Waals surface area contributed by atoms with Crippen LogP contribution < -0.4 is 0 Å². The smallest absolute Gasteiger partial charge is 0.169 e. The highest BCUT2D eigenvalue weighted by Crippen LogP contribution is 2.26. The van der Waals surface area contributed by atoms with Crippen LogP contribution in [0.15, 0.2) is 18.5 Å². The Morgan fingerprint density at radius 2 is 2.06 bits per heavy atom. The molecule has 0 aliphatic carbocycles. The van der Waals surface area contributed by atoms with Gasteiger partial charge in [-0.15, -0.1) is 10.2 Å². The molecule has 1 aromatic heterocycles. The summed E-state index contributed by atoms with van der Waals surface area (Å²) < 4.78 is 29.3. The van der Waals surface area contributed by atoms with Gasteiger partial charge in [0, 0.05) is 6.54 Å². The van der Waals surface area contributed by atoms with Crippen LogP contribution in [0.3, 0.4) is 0 Å². The second-order valence-electron chi connectivity index (χ2n) is 3.90. The van der Waals surface area contributed by atoms with Crippen LogP contribution in [0.1, 0.15) is 18.9 Å². The molecular weight excluding hydrogens is 224 g/mol. The number of nitrogens with zero attached hydrogens (tertiary/aromatic N) is 3. The maximum atomic E-state index is 13.9. The summed E-state index contributed by atoms with van der Waals surface area (Å²) in [5, 5.41) is 7.51. The third-order valence-corrected chi connectivity index (χ3v) is 2.59. The lowest BCUT2D eigenvalue weighted by Gasteiger charge is -2.08. The van der Waals surface area contributed by atoms with Crippen LogP contribution in [0.5, 0.6) is 0 Å². The minimum atomic E-state index is -0.613. The number of benzene rings is 1. The van der Waals surface area contributed by atoms with Gasteiger partial charge in [-0.25, -0.2) is 8.78 Å². The summed E-state index contributed by atoms with van der Waals surface area (Å²) in [6, 6.07) is 2.66. The van der Waals surface area contributed by atoms with Gasteiger partial charge in [0.05, 0.1) is 5.56 Å². The first-order valence-corrected chi connectivity index (χ1v) is 5.48. The summed E-state index contributed by atoms with van der Waals surface area (Å²) in [7, 11) is 0. The van der Waals surface area contributed by atoms with Crippen molar-refractivity contribution < 1.29 is 8.78 Å². The Kier molecular flexibility index (Phi) is 3.17. The van der Waals surface area contributed by atoms with Gasteiger partial charge in [-0.1, -0.05) is 13.0 Å². The van der Waals surface area contributed by atoms with Crippen LogP contribution in [0.4, 0.5) is 8.78 Å². The Morgan fingerprint density at radius 1 is 1.29 bits per heavy atom. The predicted molar refractivity (Wildman–Crippen MR) is 60.4 cm³/mol. The van der Waals surface area contributed by atoms with Gasteiger partial charge in [-0.05, 0) is 25.0 Å². The molecule has 0 radical (unpaired) electrons. The Balaban J connectivity index is 2.60. The Bertz CT molecular complexity index is 535. The molecule has 2 aromatic rings. The van der Waals surface area contributed by atoms with E-state index in [-0.39, 0.29) is 11.4 Å². The molecule has 17 heavy (non-hydrogen) atoms.